The Labute approximate surface area is 163 Å². The van der Waals surface area contributed by atoms with Crippen molar-refractivity contribution >= 4 is 16.3 Å². The second-order valence-electron chi connectivity index (χ2n) is 7.27. The molecule has 1 N–H and O–H groups in total. The van der Waals surface area contributed by atoms with E-state index >= 15 is 0 Å². The van der Waals surface area contributed by atoms with Crippen LogP contribution in [0.25, 0.3) is 16.3 Å². The van der Waals surface area contributed by atoms with Gasteiger partial charge < -0.3 is 5.11 Å². The van der Waals surface area contributed by atoms with Crippen molar-refractivity contribution in [1.29, 1.82) is 0 Å². The van der Waals surface area contributed by atoms with Gasteiger partial charge in [0.2, 0.25) is 0 Å². The fourth-order valence-corrected chi connectivity index (χ4v) is 3.88. The number of hydrogen-bond donors (Lipinski definition) is 1. The van der Waals surface area contributed by atoms with Crippen molar-refractivity contribution in [2.45, 2.75) is 18.9 Å². The van der Waals surface area contributed by atoms with Crippen LogP contribution in [0.1, 0.15) is 30.1 Å². The van der Waals surface area contributed by atoms with Crippen LogP contribution >= 0.6 is 0 Å². The molecule has 0 saturated carbocycles. The number of fused-ring (bicyclic) bond motifs is 1. The molecule has 0 fully saturated rings. The standard InChI is InChI=1S/C24H23F2NO/c25-19-7-5-17(6-8-19)18-11-14-27(15-12-18)16-13-24(28)22-9-10-23(26)21-4-2-1-3-20(21)22/h1-11,24,28H,12-16H2. The Morgan fingerprint density at radius 2 is 1.68 bits per heavy atom. The first-order valence-electron chi connectivity index (χ1n) is 9.64. The molecule has 0 spiro atoms. The smallest absolute Gasteiger partial charge is 0.131 e. The van der Waals surface area contributed by atoms with E-state index in [4.69, 9.17) is 0 Å². The predicted molar refractivity (Wildman–Crippen MR) is 109 cm³/mol. The number of hydrogen-bond acceptors (Lipinski definition) is 2. The Bertz CT molecular complexity index is 997. The molecule has 3 aromatic carbocycles. The fourth-order valence-electron chi connectivity index (χ4n) is 3.88. The third kappa shape index (κ3) is 3.98. The quantitative estimate of drug-likeness (QED) is 0.648. The van der Waals surface area contributed by atoms with Crippen LogP contribution in [0.5, 0.6) is 0 Å². The minimum absolute atomic E-state index is 0.218. The van der Waals surface area contributed by atoms with E-state index < -0.39 is 6.10 Å². The molecule has 1 atom stereocenters. The molecule has 0 radical (unpaired) electrons. The van der Waals surface area contributed by atoms with Crippen molar-refractivity contribution in [3.63, 3.8) is 0 Å². The molecule has 1 unspecified atom stereocenters. The number of halogens is 2. The molecule has 144 valence electrons. The average Bonchev–Trinajstić information content (AvgIpc) is 2.73. The summed E-state index contributed by atoms with van der Waals surface area (Å²) in [4.78, 5) is 2.29. The maximum absolute atomic E-state index is 14.0. The minimum Gasteiger partial charge on any atom is -0.388 e. The highest BCUT2D eigenvalue weighted by Gasteiger charge is 2.17. The molecule has 0 saturated heterocycles. The monoisotopic (exact) mass is 379 g/mol. The molecule has 0 amide bonds. The summed E-state index contributed by atoms with van der Waals surface area (Å²) in [5, 5.41) is 12.0. The van der Waals surface area contributed by atoms with E-state index in [2.05, 4.69) is 11.0 Å². The van der Waals surface area contributed by atoms with Crippen molar-refractivity contribution in [3.8, 4) is 0 Å². The van der Waals surface area contributed by atoms with Crippen molar-refractivity contribution in [3.05, 3.63) is 89.5 Å². The molecule has 1 heterocycles. The van der Waals surface area contributed by atoms with E-state index in [1.807, 2.05) is 24.3 Å². The van der Waals surface area contributed by atoms with Gasteiger partial charge in [-0.3, -0.25) is 4.90 Å². The highest BCUT2D eigenvalue weighted by atomic mass is 19.1. The highest BCUT2D eigenvalue weighted by molar-refractivity contribution is 5.86. The Kier molecular flexibility index (Phi) is 5.51. The van der Waals surface area contributed by atoms with Gasteiger partial charge in [-0.05, 0) is 53.1 Å². The summed E-state index contributed by atoms with van der Waals surface area (Å²) in [5.41, 5.74) is 3.08. The lowest BCUT2D eigenvalue weighted by Crippen LogP contribution is -2.30. The van der Waals surface area contributed by atoms with Crippen LogP contribution in [-0.2, 0) is 0 Å². The van der Waals surface area contributed by atoms with Crippen LogP contribution < -0.4 is 0 Å². The van der Waals surface area contributed by atoms with Crippen LogP contribution in [0.15, 0.2) is 66.7 Å². The van der Waals surface area contributed by atoms with Gasteiger partial charge >= 0.3 is 0 Å². The van der Waals surface area contributed by atoms with E-state index in [0.29, 0.717) is 11.8 Å². The van der Waals surface area contributed by atoms with Crippen molar-refractivity contribution in [2.24, 2.45) is 0 Å². The van der Waals surface area contributed by atoms with Crippen LogP contribution in [0, 0.1) is 11.6 Å². The molecule has 0 aromatic heterocycles. The number of aliphatic hydroxyl groups excluding tert-OH is 1. The van der Waals surface area contributed by atoms with E-state index in [1.165, 1.54) is 23.8 Å². The van der Waals surface area contributed by atoms with Crippen molar-refractivity contribution in [2.75, 3.05) is 19.6 Å². The number of nitrogens with zero attached hydrogens (tertiary/aromatic N) is 1. The van der Waals surface area contributed by atoms with E-state index in [-0.39, 0.29) is 11.6 Å². The van der Waals surface area contributed by atoms with Gasteiger partial charge in [-0.1, -0.05) is 48.5 Å². The van der Waals surface area contributed by atoms with E-state index in [0.717, 1.165) is 42.6 Å². The second-order valence-corrected chi connectivity index (χ2v) is 7.27. The van der Waals surface area contributed by atoms with Crippen LogP contribution in [0.4, 0.5) is 8.78 Å². The van der Waals surface area contributed by atoms with Gasteiger partial charge in [0.1, 0.15) is 11.6 Å². The predicted octanol–water partition coefficient (Wildman–Crippen LogP) is 5.33. The molecular formula is C24H23F2NO. The Hall–Kier alpha value is -2.56. The first-order valence-corrected chi connectivity index (χ1v) is 9.64. The second kappa shape index (κ2) is 8.21. The fraction of sp³-hybridized carbons (Fsp3) is 0.250. The Morgan fingerprint density at radius 1 is 0.929 bits per heavy atom. The summed E-state index contributed by atoms with van der Waals surface area (Å²) in [6.07, 6.45) is 3.04. The van der Waals surface area contributed by atoms with Crippen LogP contribution in [0.2, 0.25) is 0 Å². The lowest BCUT2D eigenvalue weighted by Gasteiger charge is -2.27. The summed E-state index contributed by atoms with van der Waals surface area (Å²) in [5.74, 6) is -0.481. The summed E-state index contributed by atoms with van der Waals surface area (Å²) >= 11 is 0. The van der Waals surface area contributed by atoms with Gasteiger partial charge in [0, 0.05) is 25.0 Å². The summed E-state index contributed by atoms with van der Waals surface area (Å²) in [6, 6.07) is 17.0. The van der Waals surface area contributed by atoms with Gasteiger partial charge in [0.15, 0.2) is 0 Å². The van der Waals surface area contributed by atoms with E-state index in [1.54, 1.807) is 18.2 Å². The third-order valence-corrected chi connectivity index (χ3v) is 5.49. The zero-order valence-electron chi connectivity index (χ0n) is 15.6. The van der Waals surface area contributed by atoms with Gasteiger partial charge in [0.05, 0.1) is 6.10 Å². The largest absolute Gasteiger partial charge is 0.388 e. The van der Waals surface area contributed by atoms with Crippen LogP contribution in [-0.4, -0.2) is 29.6 Å². The SMILES string of the molecule is OC(CCN1CC=C(c2ccc(F)cc2)CC1)c1ccc(F)c2ccccc12. The number of benzene rings is 3. The van der Waals surface area contributed by atoms with E-state index in [9.17, 15) is 13.9 Å². The minimum atomic E-state index is -0.632. The third-order valence-electron chi connectivity index (χ3n) is 5.49. The average molecular weight is 379 g/mol. The topological polar surface area (TPSA) is 23.5 Å². The molecule has 3 aromatic rings. The zero-order valence-corrected chi connectivity index (χ0v) is 15.6. The molecular weight excluding hydrogens is 356 g/mol. The molecule has 2 nitrogen and oxygen atoms in total. The Balaban J connectivity index is 1.39. The lowest BCUT2D eigenvalue weighted by atomic mass is 9.97. The summed E-state index contributed by atoms with van der Waals surface area (Å²) in [6.45, 7) is 2.48. The first kappa shape index (κ1) is 18.8. The van der Waals surface area contributed by atoms with Gasteiger partial charge in [-0.2, -0.15) is 0 Å². The number of aliphatic hydroxyl groups is 1. The molecule has 28 heavy (non-hydrogen) atoms. The van der Waals surface area contributed by atoms with Gasteiger partial charge in [-0.15, -0.1) is 0 Å². The van der Waals surface area contributed by atoms with Crippen molar-refractivity contribution in [1.82, 2.24) is 4.90 Å². The van der Waals surface area contributed by atoms with Crippen molar-refractivity contribution < 1.29 is 13.9 Å². The molecule has 0 aliphatic carbocycles. The molecule has 1 aliphatic heterocycles. The maximum atomic E-state index is 14.0. The summed E-state index contributed by atoms with van der Waals surface area (Å²) in [7, 11) is 0. The molecule has 0 bridgehead atoms. The Morgan fingerprint density at radius 3 is 2.39 bits per heavy atom. The molecule has 4 rings (SSSR count). The highest BCUT2D eigenvalue weighted by Crippen LogP contribution is 2.29. The van der Waals surface area contributed by atoms with Gasteiger partial charge in [-0.25, -0.2) is 8.78 Å². The number of rotatable bonds is 5. The molecule has 4 heteroatoms. The zero-order chi connectivity index (χ0) is 19.5. The van der Waals surface area contributed by atoms with Crippen LogP contribution in [0.3, 0.4) is 0 Å². The normalized spacial score (nSPS) is 16.2. The lowest BCUT2D eigenvalue weighted by molar-refractivity contribution is 0.146. The first-order chi connectivity index (χ1) is 13.6. The van der Waals surface area contributed by atoms with Gasteiger partial charge in [0.25, 0.3) is 0 Å². The summed E-state index contributed by atoms with van der Waals surface area (Å²) < 4.78 is 27.1. The molecule has 1 aliphatic rings. The maximum Gasteiger partial charge on any atom is 0.131 e.